The van der Waals surface area contributed by atoms with Crippen molar-refractivity contribution in [1.29, 1.82) is 0 Å². The predicted octanol–water partition coefficient (Wildman–Crippen LogP) is 4.47. The Morgan fingerprint density at radius 3 is 2.90 bits per heavy atom. The summed E-state index contributed by atoms with van der Waals surface area (Å²) in [4.78, 5) is 4.42. The van der Waals surface area contributed by atoms with Crippen LogP contribution in [0.1, 0.15) is 11.1 Å². The highest BCUT2D eigenvalue weighted by atomic mass is 79.9. The van der Waals surface area contributed by atoms with Gasteiger partial charge in [0.1, 0.15) is 12.4 Å². The number of benzene rings is 2. The summed E-state index contributed by atoms with van der Waals surface area (Å²) in [6.07, 6.45) is 1.77. The molecule has 1 aromatic heterocycles. The lowest BCUT2D eigenvalue weighted by molar-refractivity contribution is 0.305. The largest absolute Gasteiger partial charge is 0.489 e. The SMILES string of the molecule is Cc1ccc(Br)cc1OCc1ccc(N)c2cccnc12. The Morgan fingerprint density at radius 1 is 1.19 bits per heavy atom. The van der Waals surface area contributed by atoms with Gasteiger partial charge in [0.25, 0.3) is 0 Å². The van der Waals surface area contributed by atoms with E-state index in [4.69, 9.17) is 10.5 Å². The third kappa shape index (κ3) is 2.85. The Bertz CT molecular complexity index is 802. The van der Waals surface area contributed by atoms with E-state index in [9.17, 15) is 0 Å². The molecule has 2 aromatic carbocycles. The molecule has 3 rings (SSSR count). The second-order valence-corrected chi connectivity index (χ2v) is 5.83. The molecule has 0 saturated carbocycles. The summed E-state index contributed by atoms with van der Waals surface area (Å²) in [6, 6.07) is 13.7. The van der Waals surface area contributed by atoms with Crippen molar-refractivity contribution in [3.05, 3.63) is 64.3 Å². The van der Waals surface area contributed by atoms with Gasteiger partial charge >= 0.3 is 0 Å². The number of pyridine rings is 1. The highest BCUT2D eigenvalue weighted by Crippen LogP contribution is 2.26. The summed E-state index contributed by atoms with van der Waals surface area (Å²) in [5.74, 6) is 0.866. The number of nitrogens with zero attached hydrogens (tertiary/aromatic N) is 1. The molecule has 0 aliphatic carbocycles. The number of halogens is 1. The topological polar surface area (TPSA) is 48.1 Å². The van der Waals surface area contributed by atoms with Gasteiger partial charge in [0.15, 0.2) is 0 Å². The number of nitrogen functional groups attached to an aromatic ring is 1. The first kappa shape index (κ1) is 13.9. The quantitative estimate of drug-likeness (QED) is 0.714. The Morgan fingerprint density at radius 2 is 2.05 bits per heavy atom. The summed E-state index contributed by atoms with van der Waals surface area (Å²) >= 11 is 3.46. The number of hydrogen-bond donors (Lipinski definition) is 1. The molecular weight excluding hydrogens is 328 g/mol. The molecule has 0 aliphatic rings. The number of rotatable bonds is 3. The van der Waals surface area contributed by atoms with Gasteiger partial charge in [0.05, 0.1) is 5.52 Å². The normalized spacial score (nSPS) is 10.8. The van der Waals surface area contributed by atoms with Gasteiger partial charge < -0.3 is 10.5 Å². The molecule has 0 amide bonds. The number of aromatic nitrogens is 1. The van der Waals surface area contributed by atoms with Crippen LogP contribution < -0.4 is 10.5 Å². The first-order valence-corrected chi connectivity index (χ1v) is 7.45. The minimum atomic E-state index is 0.463. The van der Waals surface area contributed by atoms with Crippen molar-refractivity contribution in [2.24, 2.45) is 0 Å². The Balaban J connectivity index is 1.92. The highest BCUT2D eigenvalue weighted by Gasteiger charge is 2.07. The van der Waals surface area contributed by atoms with Crippen molar-refractivity contribution >= 4 is 32.5 Å². The lowest BCUT2D eigenvalue weighted by atomic mass is 10.1. The average Bonchev–Trinajstić information content (AvgIpc) is 2.50. The van der Waals surface area contributed by atoms with Crippen LogP contribution >= 0.6 is 15.9 Å². The number of hydrogen-bond acceptors (Lipinski definition) is 3. The maximum absolute atomic E-state index is 5.99. The molecule has 0 saturated heterocycles. The standard InChI is InChI=1S/C17H15BrN2O/c1-11-4-6-13(18)9-16(11)21-10-12-5-7-15(19)14-3-2-8-20-17(12)14/h2-9H,10,19H2,1H3. The molecule has 21 heavy (non-hydrogen) atoms. The van der Waals surface area contributed by atoms with E-state index in [1.54, 1.807) is 6.20 Å². The van der Waals surface area contributed by atoms with Crippen LogP contribution in [0.15, 0.2) is 53.1 Å². The van der Waals surface area contributed by atoms with Crippen LogP contribution in [-0.2, 0) is 6.61 Å². The number of ether oxygens (including phenoxy) is 1. The molecule has 0 radical (unpaired) electrons. The third-order valence-corrected chi connectivity index (χ3v) is 3.91. The summed E-state index contributed by atoms with van der Waals surface area (Å²) in [7, 11) is 0. The van der Waals surface area contributed by atoms with Gasteiger partial charge in [-0.25, -0.2) is 0 Å². The number of fused-ring (bicyclic) bond motifs is 1. The smallest absolute Gasteiger partial charge is 0.123 e. The average molecular weight is 343 g/mol. The second-order valence-electron chi connectivity index (χ2n) is 4.91. The van der Waals surface area contributed by atoms with Crippen molar-refractivity contribution in [3.63, 3.8) is 0 Å². The van der Waals surface area contributed by atoms with Gasteiger partial charge in [-0.3, -0.25) is 4.98 Å². The van der Waals surface area contributed by atoms with E-state index in [-0.39, 0.29) is 0 Å². The van der Waals surface area contributed by atoms with Gasteiger partial charge in [-0.2, -0.15) is 0 Å². The van der Waals surface area contributed by atoms with E-state index in [0.717, 1.165) is 37.9 Å². The third-order valence-electron chi connectivity index (χ3n) is 3.42. The predicted molar refractivity (Wildman–Crippen MR) is 89.4 cm³/mol. The van der Waals surface area contributed by atoms with E-state index in [1.807, 2.05) is 49.4 Å². The Kier molecular flexibility index (Phi) is 3.80. The molecule has 1 heterocycles. The van der Waals surface area contributed by atoms with Crippen LogP contribution in [0.4, 0.5) is 5.69 Å². The number of anilines is 1. The zero-order valence-electron chi connectivity index (χ0n) is 11.6. The first-order chi connectivity index (χ1) is 10.1. The second kappa shape index (κ2) is 5.74. The molecule has 2 N–H and O–H groups in total. The summed E-state index contributed by atoms with van der Waals surface area (Å²) in [5.41, 5.74) is 9.75. The molecule has 0 atom stereocenters. The lowest BCUT2D eigenvalue weighted by Crippen LogP contribution is -2.00. The molecule has 4 heteroatoms. The summed E-state index contributed by atoms with van der Waals surface area (Å²) in [5, 5.41) is 0.963. The van der Waals surface area contributed by atoms with Crippen LogP contribution in [0.25, 0.3) is 10.9 Å². The van der Waals surface area contributed by atoms with Gasteiger partial charge in [-0.1, -0.05) is 28.1 Å². The summed E-state index contributed by atoms with van der Waals surface area (Å²) in [6.45, 7) is 2.49. The molecule has 0 fully saturated rings. The van der Waals surface area contributed by atoms with E-state index in [0.29, 0.717) is 6.61 Å². The van der Waals surface area contributed by atoms with Crippen molar-refractivity contribution in [2.75, 3.05) is 5.73 Å². The fourth-order valence-corrected chi connectivity index (χ4v) is 2.59. The van der Waals surface area contributed by atoms with Crippen molar-refractivity contribution < 1.29 is 4.74 Å². The Labute approximate surface area is 131 Å². The highest BCUT2D eigenvalue weighted by molar-refractivity contribution is 9.10. The van der Waals surface area contributed by atoms with Crippen molar-refractivity contribution in [1.82, 2.24) is 4.98 Å². The van der Waals surface area contributed by atoms with Gasteiger partial charge in [0.2, 0.25) is 0 Å². The molecule has 3 nitrogen and oxygen atoms in total. The number of nitrogens with two attached hydrogens (primary N) is 1. The maximum atomic E-state index is 5.99. The molecule has 106 valence electrons. The van der Waals surface area contributed by atoms with Crippen molar-refractivity contribution in [2.45, 2.75) is 13.5 Å². The van der Waals surface area contributed by atoms with E-state index in [1.165, 1.54) is 0 Å². The molecule has 0 unspecified atom stereocenters. The fourth-order valence-electron chi connectivity index (χ4n) is 2.25. The monoisotopic (exact) mass is 342 g/mol. The van der Waals surface area contributed by atoms with E-state index >= 15 is 0 Å². The van der Waals surface area contributed by atoms with Crippen molar-refractivity contribution in [3.8, 4) is 5.75 Å². The lowest BCUT2D eigenvalue weighted by Gasteiger charge is -2.12. The van der Waals surface area contributed by atoms with Gasteiger partial charge in [-0.05, 0) is 42.8 Å². The molecular formula is C17H15BrN2O. The van der Waals surface area contributed by atoms with E-state index in [2.05, 4.69) is 20.9 Å². The molecule has 0 aliphatic heterocycles. The van der Waals surface area contributed by atoms with Gasteiger partial charge in [-0.15, -0.1) is 0 Å². The maximum Gasteiger partial charge on any atom is 0.123 e. The zero-order chi connectivity index (χ0) is 14.8. The first-order valence-electron chi connectivity index (χ1n) is 6.66. The minimum absolute atomic E-state index is 0.463. The zero-order valence-corrected chi connectivity index (χ0v) is 13.2. The van der Waals surface area contributed by atoms with Crippen LogP contribution in [0.5, 0.6) is 5.75 Å². The Hall–Kier alpha value is -2.07. The van der Waals surface area contributed by atoms with Gasteiger partial charge in [0, 0.05) is 27.3 Å². The molecule has 0 spiro atoms. The summed E-state index contributed by atoms with van der Waals surface area (Å²) < 4.78 is 6.94. The van der Waals surface area contributed by atoms with Crippen LogP contribution in [0.3, 0.4) is 0 Å². The number of aryl methyl sites for hydroxylation is 1. The fraction of sp³-hybridized carbons (Fsp3) is 0.118. The molecule has 0 bridgehead atoms. The van der Waals surface area contributed by atoms with Crippen LogP contribution in [-0.4, -0.2) is 4.98 Å². The van der Waals surface area contributed by atoms with Crippen LogP contribution in [0.2, 0.25) is 0 Å². The minimum Gasteiger partial charge on any atom is -0.489 e. The van der Waals surface area contributed by atoms with E-state index < -0.39 is 0 Å². The molecule has 3 aromatic rings. The van der Waals surface area contributed by atoms with Crippen LogP contribution in [0, 0.1) is 6.92 Å².